The summed E-state index contributed by atoms with van der Waals surface area (Å²) in [5, 5.41) is 19.3. The van der Waals surface area contributed by atoms with Crippen molar-refractivity contribution in [2.24, 2.45) is 0 Å². The van der Waals surface area contributed by atoms with Gasteiger partial charge in [-0.2, -0.15) is 0 Å². The lowest BCUT2D eigenvalue weighted by molar-refractivity contribution is -0.768. The van der Waals surface area contributed by atoms with Gasteiger partial charge in [0.2, 0.25) is 0 Å². The van der Waals surface area contributed by atoms with Gasteiger partial charge in [-0.15, -0.1) is 10.1 Å². The van der Waals surface area contributed by atoms with Gasteiger partial charge < -0.3 is 14.7 Å². The van der Waals surface area contributed by atoms with Crippen molar-refractivity contribution in [1.82, 2.24) is 0 Å². The van der Waals surface area contributed by atoms with E-state index in [0.29, 0.717) is 16.4 Å². The molecule has 1 N–H and O–H groups in total. The van der Waals surface area contributed by atoms with E-state index in [4.69, 9.17) is 4.74 Å². The molecule has 0 fully saturated rings. The average Bonchev–Trinajstić information content (AvgIpc) is 2.58. The number of benzene rings is 1. The SMILES string of the molecule is CCC(CC(=O)Cc1ccc(O)c(C(=O)OCCSS(C)(=O)=O)c1)O[N+](=O)[O-]. The van der Waals surface area contributed by atoms with Crippen molar-refractivity contribution in [2.45, 2.75) is 32.3 Å². The van der Waals surface area contributed by atoms with Crippen LogP contribution in [0.4, 0.5) is 0 Å². The summed E-state index contributed by atoms with van der Waals surface area (Å²) in [5.74, 6) is -1.49. The van der Waals surface area contributed by atoms with Crippen molar-refractivity contribution in [1.29, 1.82) is 0 Å². The zero-order chi connectivity index (χ0) is 21.3. The molecule has 0 saturated heterocycles. The second kappa shape index (κ2) is 10.9. The van der Waals surface area contributed by atoms with Gasteiger partial charge in [0, 0.05) is 24.9 Å². The van der Waals surface area contributed by atoms with Crippen molar-refractivity contribution in [3.8, 4) is 5.75 Å². The summed E-state index contributed by atoms with van der Waals surface area (Å²) < 4.78 is 26.9. The highest BCUT2D eigenvalue weighted by Crippen LogP contribution is 2.21. The summed E-state index contributed by atoms with van der Waals surface area (Å²) in [6.07, 6.45) is 0.191. The Hall–Kier alpha value is -2.34. The average molecular weight is 435 g/mol. The number of carbonyl (C=O) groups is 2. The molecular weight excluding hydrogens is 414 g/mol. The van der Waals surface area contributed by atoms with Crippen LogP contribution in [0.3, 0.4) is 0 Å². The van der Waals surface area contributed by atoms with Crippen molar-refractivity contribution in [3.63, 3.8) is 0 Å². The highest BCUT2D eigenvalue weighted by atomic mass is 33.1. The third kappa shape index (κ3) is 9.04. The van der Waals surface area contributed by atoms with Crippen LogP contribution in [0.15, 0.2) is 18.2 Å². The van der Waals surface area contributed by atoms with Crippen molar-refractivity contribution >= 4 is 31.4 Å². The number of rotatable bonds is 12. The molecule has 1 rings (SSSR count). The largest absolute Gasteiger partial charge is 0.507 e. The third-order valence-corrected chi connectivity index (χ3v) is 5.99. The highest BCUT2D eigenvalue weighted by Gasteiger charge is 2.18. The van der Waals surface area contributed by atoms with Gasteiger partial charge in [0.15, 0.2) is 8.87 Å². The molecule has 10 nitrogen and oxygen atoms in total. The molecule has 1 unspecified atom stereocenters. The molecule has 0 aliphatic rings. The summed E-state index contributed by atoms with van der Waals surface area (Å²) in [7, 11) is -2.62. The normalized spacial score (nSPS) is 12.2. The molecule has 0 aliphatic heterocycles. The molecule has 1 aromatic rings. The van der Waals surface area contributed by atoms with Crippen LogP contribution in [0, 0.1) is 10.1 Å². The lowest BCUT2D eigenvalue weighted by atomic mass is 10.0. The molecular formula is C16H21NO9S2. The molecule has 0 spiro atoms. The number of esters is 1. The van der Waals surface area contributed by atoms with E-state index in [9.17, 15) is 33.2 Å². The van der Waals surface area contributed by atoms with Gasteiger partial charge >= 0.3 is 5.97 Å². The minimum Gasteiger partial charge on any atom is -0.507 e. The molecule has 0 radical (unpaired) electrons. The summed E-state index contributed by atoms with van der Waals surface area (Å²) in [5.41, 5.74) is 0.249. The van der Waals surface area contributed by atoms with E-state index in [1.807, 2.05) is 0 Å². The lowest BCUT2D eigenvalue weighted by Gasteiger charge is -2.12. The summed E-state index contributed by atoms with van der Waals surface area (Å²) in [6, 6.07) is 3.96. The van der Waals surface area contributed by atoms with E-state index >= 15 is 0 Å². The third-order valence-electron chi connectivity index (χ3n) is 3.44. The number of Topliss-reactive ketones (excluding diaryl/α,β-unsaturated/α-hetero) is 1. The smallest absolute Gasteiger partial charge is 0.341 e. The maximum atomic E-state index is 12.1. The van der Waals surface area contributed by atoms with Crippen LogP contribution >= 0.6 is 10.8 Å². The number of phenols is 1. The maximum Gasteiger partial charge on any atom is 0.341 e. The molecule has 0 aliphatic carbocycles. The Morgan fingerprint density at radius 3 is 2.61 bits per heavy atom. The van der Waals surface area contributed by atoms with Crippen LogP contribution in [-0.4, -0.2) is 55.1 Å². The van der Waals surface area contributed by atoms with E-state index in [-0.39, 0.29) is 48.7 Å². The zero-order valence-electron chi connectivity index (χ0n) is 15.3. The van der Waals surface area contributed by atoms with Crippen LogP contribution < -0.4 is 0 Å². The number of carbonyl (C=O) groups excluding carboxylic acids is 2. The summed E-state index contributed by atoms with van der Waals surface area (Å²) >= 11 is 0. The molecule has 1 aromatic carbocycles. The van der Waals surface area contributed by atoms with Gasteiger partial charge in [0.25, 0.3) is 5.09 Å². The fourth-order valence-electron chi connectivity index (χ4n) is 2.19. The number of aromatic hydroxyl groups is 1. The minimum absolute atomic E-state index is 0.0400. The molecule has 0 aromatic heterocycles. The first-order valence-electron chi connectivity index (χ1n) is 8.18. The predicted octanol–water partition coefficient (Wildman–Crippen LogP) is 1.73. The first kappa shape index (κ1) is 23.7. The Balaban J connectivity index is 2.69. The highest BCUT2D eigenvalue weighted by molar-refractivity contribution is 8.71. The fraction of sp³-hybridized carbons (Fsp3) is 0.500. The number of ketones is 1. The Kier molecular flexibility index (Phi) is 9.19. The Bertz CT molecular complexity index is 823. The fourth-order valence-corrected chi connectivity index (χ4v) is 3.75. The number of hydrogen-bond acceptors (Lipinski definition) is 10. The molecule has 156 valence electrons. The van der Waals surface area contributed by atoms with Gasteiger partial charge in [-0.3, -0.25) is 4.79 Å². The van der Waals surface area contributed by atoms with Crippen molar-refractivity contribution in [3.05, 3.63) is 39.4 Å². The molecule has 0 bridgehead atoms. The van der Waals surface area contributed by atoms with Crippen molar-refractivity contribution in [2.75, 3.05) is 18.6 Å². The van der Waals surface area contributed by atoms with Crippen LogP contribution in [0.2, 0.25) is 0 Å². The maximum absolute atomic E-state index is 12.1. The van der Waals surface area contributed by atoms with Crippen LogP contribution in [0.25, 0.3) is 0 Å². The number of hydrogen-bond donors (Lipinski definition) is 1. The van der Waals surface area contributed by atoms with Gasteiger partial charge in [-0.1, -0.05) is 13.0 Å². The molecule has 12 heteroatoms. The quantitative estimate of drug-likeness (QED) is 0.169. The molecule has 0 heterocycles. The molecule has 0 saturated carbocycles. The van der Waals surface area contributed by atoms with Crippen molar-refractivity contribution < 1.29 is 37.8 Å². The van der Waals surface area contributed by atoms with E-state index < -0.39 is 26.0 Å². The summed E-state index contributed by atoms with van der Waals surface area (Å²) in [4.78, 5) is 38.9. The molecule has 1 atom stereocenters. The second-order valence-corrected chi connectivity index (χ2v) is 10.4. The predicted molar refractivity (Wildman–Crippen MR) is 101 cm³/mol. The lowest BCUT2D eigenvalue weighted by Crippen LogP contribution is -2.21. The van der Waals surface area contributed by atoms with Crippen LogP contribution in [0.1, 0.15) is 35.7 Å². The van der Waals surface area contributed by atoms with E-state index in [0.717, 1.165) is 6.26 Å². The van der Waals surface area contributed by atoms with Gasteiger partial charge in [-0.25, -0.2) is 13.2 Å². The van der Waals surface area contributed by atoms with E-state index in [1.54, 1.807) is 6.92 Å². The van der Waals surface area contributed by atoms with Crippen LogP contribution in [0.5, 0.6) is 5.75 Å². The number of ether oxygens (including phenoxy) is 1. The van der Waals surface area contributed by atoms with E-state index in [1.165, 1.54) is 18.2 Å². The zero-order valence-corrected chi connectivity index (χ0v) is 17.0. The first-order chi connectivity index (χ1) is 13.0. The number of phenolic OH excluding ortho intramolecular Hbond substituents is 1. The van der Waals surface area contributed by atoms with Crippen LogP contribution in [-0.2, 0) is 29.7 Å². The monoisotopic (exact) mass is 435 g/mol. The standard InChI is InChI=1S/C16H21NO9S2/c1-3-13(26-17(21)22)10-12(18)8-11-4-5-15(19)14(9-11)16(20)25-6-7-27-28(2,23)24/h4-5,9,13,19H,3,6-8,10H2,1-2H3. The summed E-state index contributed by atoms with van der Waals surface area (Å²) in [6.45, 7) is 1.48. The Labute approximate surface area is 165 Å². The Morgan fingerprint density at radius 2 is 2.04 bits per heavy atom. The first-order valence-corrected chi connectivity index (χ1v) is 11.6. The van der Waals surface area contributed by atoms with Gasteiger partial charge in [0.1, 0.15) is 29.8 Å². The molecule has 28 heavy (non-hydrogen) atoms. The Morgan fingerprint density at radius 1 is 1.36 bits per heavy atom. The second-order valence-electron chi connectivity index (χ2n) is 5.79. The number of nitrogens with zero attached hydrogens (tertiary/aromatic N) is 1. The van der Waals surface area contributed by atoms with Gasteiger partial charge in [-0.05, 0) is 34.9 Å². The topological polar surface area (TPSA) is 150 Å². The van der Waals surface area contributed by atoms with Gasteiger partial charge in [0.05, 0.1) is 0 Å². The minimum atomic E-state index is -3.25. The molecule has 0 amide bonds. The van der Waals surface area contributed by atoms with E-state index in [2.05, 4.69) is 4.84 Å².